The summed E-state index contributed by atoms with van der Waals surface area (Å²) in [6, 6.07) is 12.2. The third-order valence-electron chi connectivity index (χ3n) is 6.12. The molecule has 0 saturated carbocycles. The lowest BCUT2D eigenvalue weighted by Gasteiger charge is -2.30. The van der Waals surface area contributed by atoms with Gasteiger partial charge in [0.2, 0.25) is 11.8 Å². The van der Waals surface area contributed by atoms with Gasteiger partial charge in [0, 0.05) is 25.6 Å². The van der Waals surface area contributed by atoms with Gasteiger partial charge in [0.15, 0.2) is 0 Å². The van der Waals surface area contributed by atoms with Crippen molar-refractivity contribution >= 4 is 27.7 Å². The Morgan fingerprint density at radius 2 is 1.74 bits per heavy atom. The number of hydrogen-bond donors (Lipinski definition) is 1. The predicted octanol–water partition coefficient (Wildman–Crippen LogP) is 2.56. The number of carbonyl (C=O) groups is 3. The van der Waals surface area contributed by atoms with Crippen LogP contribution in [0.25, 0.3) is 0 Å². The van der Waals surface area contributed by atoms with Gasteiger partial charge in [0.25, 0.3) is 15.9 Å². The average molecular weight is 502 g/mol. The van der Waals surface area contributed by atoms with E-state index in [1.807, 2.05) is 13.8 Å². The molecule has 0 saturated heterocycles. The molecule has 1 aliphatic heterocycles. The molecular weight excluding hydrogens is 470 g/mol. The average Bonchev–Trinajstić information content (AvgIpc) is 3.05. The molecule has 3 rings (SSSR count). The molecule has 0 unspecified atom stereocenters. The van der Waals surface area contributed by atoms with Gasteiger partial charge in [-0.3, -0.25) is 14.4 Å². The van der Waals surface area contributed by atoms with E-state index in [2.05, 4.69) is 5.32 Å². The molecular formula is C25H31N3O6S. The van der Waals surface area contributed by atoms with Crippen LogP contribution >= 0.6 is 0 Å². The number of hydrogen-bond acceptors (Lipinski definition) is 6. The zero-order valence-electron chi connectivity index (χ0n) is 20.4. The van der Waals surface area contributed by atoms with Crippen LogP contribution in [0.2, 0.25) is 0 Å². The fourth-order valence-corrected chi connectivity index (χ4v) is 5.34. The maximum atomic E-state index is 13.3. The number of ether oxygens (including phenoxy) is 1. The lowest BCUT2D eigenvalue weighted by atomic mass is 10.1. The van der Waals surface area contributed by atoms with Gasteiger partial charge in [-0.2, -0.15) is 0 Å². The Labute approximate surface area is 206 Å². The molecule has 35 heavy (non-hydrogen) atoms. The van der Waals surface area contributed by atoms with Crippen LogP contribution in [0.5, 0.6) is 5.75 Å². The first-order valence-electron chi connectivity index (χ1n) is 11.5. The third kappa shape index (κ3) is 5.64. The Balaban J connectivity index is 1.79. The number of benzene rings is 2. The molecule has 0 aromatic heterocycles. The van der Waals surface area contributed by atoms with Crippen LogP contribution in [0.1, 0.15) is 49.5 Å². The summed E-state index contributed by atoms with van der Waals surface area (Å²) in [6.07, 6.45) is 0.483. The molecule has 0 radical (unpaired) electrons. The normalized spacial score (nSPS) is 15.8. The maximum Gasteiger partial charge on any atom is 0.269 e. The Kier molecular flexibility index (Phi) is 8.16. The van der Waals surface area contributed by atoms with Gasteiger partial charge in [0.05, 0.1) is 12.7 Å². The van der Waals surface area contributed by atoms with Crippen molar-refractivity contribution < 1.29 is 27.5 Å². The summed E-state index contributed by atoms with van der Waals surface area (Å²) in [4.78, 5) is 40.2. The second-order valence-electron chi connectivity index (χ2n) is 8.49. The van der Waals surface area contributed by atoms with Gasteiger partial charge in [-0.05, 0) is 50.1 Å². The van der Waals surface area contributed by atoms with Crippen molar-refractivity contribution in [3.05, 3.63) is 59.7 Å². The monoisotopic (exact) mass is 501 g/mol. The molecule has 1 aliphatic rings. The van der Waals surface area contributed by atoms with Gasteiger partial charge >= 0.3 is 0 Å². The molecule has 2 atom stereocenters. The molecule has 0 fully saturated rings. The number of carbonyl (C=O) groups excluding carboxylic acids is 3. The minimum absolute atomic E-state index is 0.0613. The molecule has 2 aromatic rings. The summed E-state index contributed by atoms with van der Waals surface area (Å²) in [5, 5.41) is 2.88. The van der Waals surface area contributed by atoms with Crippen LogP contribution in [-0.2, 0) is 26.2 Å². The van der Waals surface area contributed by atoms with Crippen molar-refractivity contribution in [3.63, 3.8) is 0 Å². The Morgan fingerprint density at radius 1 is 1.09 bits per heavy atom. The van der Waals surface area contributed by atoms with Gasteiger partial charge in [-0.15, -0.1) is 0 Å². The van der Waals surface area contributed by atoms with E-state index in [0.29, 0.717) is 5.75 Å². The number of rotatable bonds is 10. The summed E-state index contributed by atoms with van der Waals surface area (Å²) in [6.45, 7) is 5.28. The second kappa shape index (κ2) is 10.9. The van der Waals surface area contributed by atoms with E-state index in [0.717, 1.165) is 16.3 Å². The molecule has 3 amide bonds. The van der Waals surface area contributed by atoms with E-state index in [4.69, 9.17) is 4.74 Å². The van der Waals surface area contributed by atoms with Gasteiger partial charge in [0.1, 0.15) is 16.7 Å². The summed E-state index contributed by atoms with van der Waals surface area (Å²) in [5.74, 6) is -0.741. The molecule has 1 N–H and O–H groups in total. The molecule has 9 nitrogen and oxygen atoms in total. The number of sulfonamides is 1. The second-order valence-corrected chi connectivity index (χ2v) is 10.3. The lowest BCUT2D eigenvalue weighted by Crippen LogP contribution is -2.50. The van der Waals surface area contributed by atoms with E-state index in [9.17, 15) is 22.8 Å². The maximum absolute atomic E-state index is 13.3. The molecule has 0 aliphatic carbocycles. The van der Waals surface area contributed by atoms with E-state index in [1.165, 1.54) is 17.0 Å². The summed E-state index contributed by atoms with van der Waals surface area (Å²) in [7, 11) is -2.47. The van der Waals surface area contributed by atoms with E-state index in [-0.39, 0.29) is 41.9 Å². The number of nitrogens with one attached hydrogen (secondary N) is 1. The first-order chi connectivity index (χ1) is 16.6. The molecule has 1 heterocycles. The smallest absolute Gasteiger partial charge is 0.269 e. The van der Waals surface area contributed by atoms with Gasteiger partial charge in [-0.1, -0.05) is 31.2 Å². The minimum Gasteiger partial charge on any atom is -0.497 e. The van der Waals surface area contributed by atoms with Crippen LogP contribution in [-0.4, -0.2) is 61.1 Å². The lowest BCUT2D eigenvalue weighted by molar-refractivity contribution is -0.140. The fraction of sp³-hybridized carbons (Fsp3) is 0.400. The summed E-state index contributed by atoms with van der Waals surface area (Å²) in [5.41, 5.74) is 0.871. The van der Waals surface area contributed by atoms with Crippen LogP contribution in [0.3, 0.4) is 0 Å². The molecule has 0 bridgehead atoms. The highest BCUT2D eigenvalue weighted by Crippen LogP contribution is 2.30. The Morgan fingerprint density at radius 3 is 2.34 bits per heavy atom. The SMILES string of the molecule is CC[C@@H](C)NC(=O)[C@@H](C)N(Cc1ccc(OC)cc1)C(=O)CCN1C(=O)c2ccccc2S1(=O)=O. The molecule has 10 heteroatoms. The van der Waals surface area contributed by atoms with Crippen molar-refractivity contribution in [3.8, 4) is 5.75 Å². The van der Waals surface area contributed by atoms with Crippen molar-refractivity contribution in [2.24, 2.45) is 0 Å². The topological polar surface area (TPSA) is 113 Å². The van der Waals surface area contributed by atoms with Gasteiger partial charge in [-0.25, -0.2) is 12.7 Å². The highest BCUT2D eigenvalue weighted by molar-refractivity contribution is 7.90. The van der Waals surface area contributed by atoms with E-state index >= 15 is 0 Å². The zero-order chi connectivity index (χ0) is 25.8. The highest BCUT2D eigenvalue weighted by Gasteiger charge is 2.41. The minimum atomic E-state index is -4.02. The van der Waals surface area contributed by atoms with Crippen molar-refractivity contribution in [2.75, 3.05) is 13.7 Å². The number of fused-ring (bicyclic) bond motifs is 1. The highest BCUT2D eigenvalue weighted by atomic mass is 32.2. The Hall–Kier alpha value is -3.40. The van der Waals surface area contributed by atoms with Crippen molar-refractivity contribution in [1.82, 2.24) is 14.5 Å². The van der Waals surface area contributed by atoms with E-state index < -0.39 is 27.9 Å². The third-order valence-corrected chi connectivity index (χ3v) is 7.96. The standard InChI is InChI=1S/C25H31N3O6S/c1-5-17(2)26-24(30)18(3)27(16-19-10-12-20(34-4)13-11-19)23(29)14-15-28-25(31)21-8-6-7-9-22(21)35(28,32)33/h6-13,17-18H,5,14-16H2,1-4H3,(H,26,30)/t17-,18-/m1/s1. The summed E-state index contributed by atoms with van der Waals surface area (Å²) >= 11 is 0. The van der Waals surface area contributed by atoms with Crippen LogP contribution < -0.4 is 10.1 Å². The Bertz CT molecular complexity index is 1200. The first kappa shape index (κ1) is 26.2. The molecule has 188 valence electrons. The van der Waals surface area contributed by atoms with E-state index in [1.54, 1.807) is 50.4 Å². The van der Waals surface area contributed by atoms with Crippen LogP contribution in [0.4, 0.5) is 0 Å². The first-order valence-corrected chi connectivity index (χ1v) is 12.9. The van der Waals surface area contributed by atoms with Crippen LogP contribution in [0, 0.1) is 0 Å². The largest absolute Gasteiger partial charge is 0.497 e. The molecule has 2 aromatic carbocycles. The van der Waals surface area contributed by atoms with Gasteiger partial charge < -0.3 is 15.0 Å². The number of methoxy groups -OCH3 is 1. The van der Waals surface area contributed by atoms with Crippen molar-refractivity contribution in [2.45, 2.75) is 57.1 Å². The number of nitrogens with zero attached hydrogens (tertiary/aromatic N) is 2. The predicted molar refractivity (Wildman–Crippen MR) is 130 cm³/mol. The number of amides is 3. The van der Waals surface area contributed by atoms with Crippen molar-refractivity contribution in [1.29, 1.82) is 0 Å². The zero-order valence-corrected chi connectivity index (χ0v) is 21.2. The quantitative estimate of drug-likeness (QED) is 0.535. The molecule has 0 spiro atoms. The fourth-order valence-electron chi connectivity index (χ4n) is 3.77. The summed E-state index contributed by atoms with van der Waals surface area (Å²) < 4.78 is 31.6. The van der Waals surface area contributed by atoms with Crippen LogP contribution in [0.15, 0.2) is 53.4 Å².